The van der Waals surface area contributed by atoms with E-state index in [4.69, 9.17) is 4.74 Å². The Bertz CT molecular complexity index is 576. The number of hydrogen-bond acceptors (Lipinski definition) is 3. The topological polar surface area (TPSA) is 56.1 Å². The first kappa shape index (κ1) is 13.3. The monoisotopic (exact) mass is 259 g/mol. The molecule has 0 saturated heterocycles. The van der Waals surface area contributed by atoms with Crippen molar-refractivity contribution >= 4 is 11.6 Å². The fourth-order valence-corrected chi connectivity index (χ4v) is 1.95. The standard InChI is InChI=1S/C14H17N3O2/c1-10-14(15-13(18)9-19-3)11(2)17(16-10)12-7-5-4-6-8-12/h4-8H,9H2,1-3H3,(H,15,18). The third kappa shape index (κ3) is 2.82. The van der Waals surface area contributed by atoms with Crippen molar-refractivity contribution in [2.45, 2.75) is 13.8 Å². The van der Waals surface area contributed by atoms with Crippen LogP contribution in [0.15, 0.2) is 30.3 Å². The molecule has 100 valence electrons. The minimum atomic E-state index is -0.179. The van der Waals surface area contributed by atoms with Crippen molar-refractivity contribution in [1.82, 2.24) is 9.78 Å². The van der Waals surface area contributed by atoms with E-state index in [0.717, 1.165) is 22.8 Å². The summed E-state index contributed by atoms with van der Waals surface area (Å²) >= 11 is 0. The molecule has 2 aromatic rings. The van der Waals surface area contributed by atoms with E-state index in [1.54, 1.807) is 0 Å². The highest BCUT2D eigenvalue weighted by atomic mass is 16.5. The molecule has 0 unspecified atom stereocenters. The lowest BCUT2D eigenvalue weighted by molar-refractivity contribution is -0.119. The van der Waals surface area contributed by atoms with Crippen LogP contribution in [0, 0.1) is 13.8 Å². The van der Waals surface area contributed by atoms with Crippen LogP contribution in [0.4, 0.5) is 5.69 Å². The van der Waals surface area contributed by atoms with Crippen LogP contribution in [-0.4, -0.2) is 29.4 Å². The van der Waals surface area contributed by atoms with Crippen LogP contribution < -0.4 is 5.32 Å². The molecule has 19 heavy (non-hydrogen) atoms. The van der Waals surface area contributed by atoms with Gasteiger partial charge in [0.2, 0.25) is 5.91 Å². The second-order valence-corrected chi connectivity index (χ2v) is 4.27. The zero-order valence-electron chi connectivity index (χ0n) is 11.3. The van der Waals surface area contributed by atoms with Gasteiger partial charge in [0, 0.05) is 7.11 Å². The van der Waals surface area contributed by atoms with Gasteiger partial charge in [-0.05, 0) is 26.0 Å². The maximum absolute atomic E-state index is 11.6. The molecule has 0 radical (unpaired) electrons. The van der Waals surface area contributed by atoms with Gasteiger partial charge < -0.3 is 10.1 Å². The van der Waals surface area contributed by atoms with Crippen LogP contribution in [0.5, 0.6) is 0 Å². The molecule has 0 aliphatic rings. The first-order chi connectivity index (χ1) is 9.13. The van der Waals surface area contributed by atoms with Crippen molar-refractivity contribution < 1.29 is 9.53 Å². The minimum absolute atomic E-state index is 0.0371. The Balaban J connectivity index is 2.33. The number of carbonyl (C=O) groups is 1. The summed E-state index contributed by atoms with van der Waals surface area (Å²) in [6.07, 6.45) is 0. The second-order valence-electron chi connectivity index (χ2n) is 4.27. The molecule has 1 N–H and O–H groups in total. The molecule has 2 rings (SSSR count). The Morgan fingerprint density at radius 1 is 1.32 bits per heavy atom. The molecule has 0 fully saturated rings. The molecule has 1 amide bonds. The van der Waals surface area contributed by atoms with Crippen molar-refractivity contribution in [2.75, 3.05) is 19.0 Å². The molecule has 5 nitrogen and oxygen atoms in total. The van der Waals surface area contributed by atoms with E-state index in [1.807, 2.05) is 48.9 Å². The Kier molecular flexibility index (Phi) is 3.97. The largest absolute Gasteiger partial charge is 0.375 e. The van der Waals surface area contributed by atoms with Crippen LogP contribution in [-0.2, 0) is 9.53 Å². The van der Waals surface area contributed by atoms with Crippen LogP contribution in [0.3, 0.4) is 0 Å². The van der Waals surface area contributed by atoms with E-state index in [-0.39, 0.29) is 12.5 Å². The summed E-state index contributed by atoms with van der Waals surface area (Å²) in [5.74, 6) is -0.179. The second kappa shape index (κ2) is 5.67. The number of anilines is 1. The molecule has 0 aliphatic heterocycles. The van der Waals surface area contributed by atoms with E-state index in [1.165, 1.54) is 7.11 Å². The average Bonchev–Trinajstić information content (AvgIpc) is 2.68. The third-order valence-corrected chi connectivity index (χ3v) is 2.83. The number of ether oxygens (including phenoxy) is 1. The zero-order valence-corrected chi connectivity index (χ0v) is 11.3. The molecule has 1 aromatic carbocycles. The number of hydrogen-bond donors (Lipinski definition) is 1. The SMILES string of the molecule is COCC(=O)Nc1c(C)nn(-c2ccccc2)c1C. The number of carbonyl (C=O) groups excluding carboxylic acids is 1. The van der Waals surface area contributed by atoms with E-state index >= 15 is 0 Å². The normalized spacial score (nSPS) is 10.5. The maximum Gasteiger partial charge on any atom is 0.250 e. The Labute approximate surface area is 112 Å². The summed E-state index contributed by atoms with van der Waals surface area (Å²) in [5.41, 5.74) is 3.39. The van der Waals surface area contributed by atoms with E-state index < -0.39 is 0 Å². The number of nitrogens with zero attached hydrogens (tertiary/aromatic N) is 2. The summed E-state index contributed by atoms with van der Waals surface area (Å²) in [7, 11) is 1.49. The first-order valence-electron chi connectivity index (χ1n) is 6.04. The van der Waals surface area contributed by atoms with Crippen molar-refractivity contribution in [3.8, 4) is 5.69 Å². The molecular weight excluding hydrogens is 242 g/mol. The molecule has 0 bridgehead atoms. The molecule has 0 aliphatic carbocycles. The molecule has 0 saturated carbocycles. The summed E-state index contributed by atoms with van der Waals surface area (Å²) in [6, 6.07) is 9.81. The number of aryl methyl sites for hydroxylation is 1. The molecule has 1 heterocycles. The quantitative estimate of drug-likeness (QED) is 0.914. The fraction of sp³-hybridized carbons (Fsp3) is 0.286. The molecule has 5 heteroatoms. The van der Waals surface area contributed by atoms with Gasteiger partial charge in [0.1, 0.15) is 6.61 Å². The predicted octanol–water partition coefficient (Wildman–Crippen LogP) is 2.07. The van der Waals surface area contributed by atoms with Crippen molar-refractivity contribution in [3.63, 3.8) is 0 Å². The number of aromatic nitrogens is 2. The molecule has 0 spiro atoms. The number of nitrogens with one attached hydrogen (secondary N) is 1. The summed E-state index contributed by atoms with van der Waals surface area (Å²) in [4.78, 5) is 11.6. The number of benzene rings is 1. The first-order valence-corrected chi connectivity index (χ1v) is 6.04. The van der Waals surface area contributed by atoms with Crippen LogP contribution in [0.2, 0.25) is 0 Å². The number of methoxy groups -OCH3 is 1. The van der Waals surface area contributed by atoms with Gasteiger partial charge in [0.15, 0.2) is 0 Å². The van der Waals surface area contributed by atoms with Crippen LogP contribution in [0.1, 0.15) is 11.4 Å². The van der Waals surface area contributed by atoms with Crippen LogP contribution in [0.25, 0.3) is 5.69 Å². The molecule has 0 atom stereocenters. The van der Waals surface area contributed by atoms with Crippen molar-refractivity contribution in [1.29, 1.82) is 0 Å². The van der Waals surface area contributed by atoms with Gasteiger partial charge in [-0.1, -0.05) is 18.2 Å². The van der Waals surface area contributed by atoms with Gasteiger partial charge in [0.05, 0.1) is 22.8 Å². The van der Waals surface area contributed by atoms with Crippen LogP contribution >= 0.6 is 0 Å². The average molecular weight is 259 g/mol. The zero-order chi connectivity index (χ0) is 13.8. The van der Waals surface area contributed by atoms with Gasteiger partial charge in [-0.3, -0.25) is 4.79 Å². The van der Waals surface area contributed by atoms with E-state index in [0.29, 0.717) is 0 Å². The predicted molar refractivity (Wildman–Crippen MR) is 73.5 cm³/mol. The van der Waals surface area contributed by atoms with Gasteiger partial charge in [-0.25, -0.2) is 4.68 Å². The molecule has 1 aromatic heterocycles. The van der Waals surface area contributed by atoms with E-state index in [2.05, 4.69) is 10.4 Å². The number of amides is 1. The summed E-state index contributed by atoms with van der Waals surface area (Å²) < 4.78 is 6.62. The highest BCUT2D eigenvalue weighted by Gasteiger charge is 2.14. The highest BCUT2D eigenvalue weighted by Crippen LogP contribution is 2.22. The Morgan fingerprint density at radius 3 is 2.63 bits per heavy atom. The lowest BCUT2D eigenvalue weighted by atomic mass is 10.3. The number of rotatable bonds is 4. The fourth-order valence-electron chi connectivity index (χ4n) is 1.95. The summed E-state index contributed by atoms with van der Waals surface area (Å²) in [5, 5.41) is 7.28. The number of para-hydroxylation sites is 1. The lowest BCUT2D eigenvalue weighted by Crippen LogP contribution is -2.18. The maximum atomic E-state index is 11.6. The smallest absolute Gasteiger partial charge is 0.250 e. The van der Waals surface area contributed by atoms with Gasteiger partial charge in [-0.15, -0.1) is 0 Å². The summed E-state index contributed by atoms with van der Waals surface area (Å²) in [6.45, 7) is 3.83. The van der Waals surface area contributed by atoms with Gasteiger partial charge in [-0.2, -0.15) is 5.10 Å². The Hall–Kier alpha value is -2.14. The minimum Gasteiger partial charge on any atom is -0.375 e. The van der Waals surface area contributed by atoms with Gasteiger partial charge >= 0.3 is 0 Å². The van der Waals surface area contributed by atoms with E-state index in [9.17, 15) is 4.79 Å². The third-order valence-electron chi connectivity index (χ3n) is 2.83. The lowest BCUT2D eigenvalue weighted by Gasteiger charge is -2.06. The van der Waals surface area contributed by atoms with Crippen molar-refractivity contribution in [2.24, 2.45) is 0 Å². The Morgan fingerprint density at radius 2 is 2.00 bits per heavy atom. The molecular formula is C14H17N3O2. The van der Waals surface area contributed by atoms with Crippen molar-refractivity contribution in [3.05, 3.63) is 41.7 Å². The highest BCUT2D eigenvalue weighted by molar-refractivity contribution is 5.92. The van der Waals surface area contributed by atoms with Gasteiger partial charge in [0.25, 0.3) is 0 Å².